The number of carbonyl (C=O) groups excluding carboxylic acids is 1. The average Bonchev–Trinajstić information content (AvgIpc) is 2.56. The maximum absolute atomic E-state index is 13.2. The van der Waals surface area contributed by atoms with E-state index in [0.717, 1.165) is 0 Å². The number of nitrogens with one attached hydrogen (secondary N) is 2. The monoisotopic (exact) mass is 379 g/mol. The molecule has 1 aromatic carbocycles. The van der Waals surface area contributed by atoms with E-state index in [2.05, 4.69) is 10.6 Å². The minimum Gasteiger partial charge on any atom is -0.483 e. The molecule has 9 heteroatoms. The number of rotatable bonds is 6. The Kier molecular flexibility index (Phi) is 6.92. The molecule has 1 saturated heterocycles. The normalized spacial score (nSPS) is 17.2. The third-order valence-corrected chi connectivity index (χ3v) is 4.45. The predicted octanol–water partition coefficient (Wildman–Crippen LogP) is 1.98. The first-order valence-electron chi connectivity index (χ1n) is 7.95. The Hall–Kier alpha value is -1.51. The lowest BCUT2D eigenvalue weighted by Gasteiger charge is -2.35. The Morgan fingerprint density at radius 1 is 1.40 bits per heavy atom. The highest BCUT2D eigenvalue weighted by atomic mass is 35.5. The molecule has 1 atom stereocenters. The smallest absolute Gasteiger partial charge is 0.405 e. The fourth-order valence-electron chi connectivity index (χ4n) is 2.59. The Bertz CT molecular complexity index is 592. The molecular weight excluding hydrogens is 359 g/mol. The number of hydrogen-bond donors (Lipinski definition) is 2. The van der Waals surface area contributed by atoms with Gasteiger partial charge in [-0.2, -0.15) is 13.2 Å². The summed E-state index contributed by atoms with van der Waals surface area (Å²) < 4.78 is 45.1. The van der Waals surface area contributed by atoms with Crippen molar-refractivity contribution in [1.29, 1.82) is 0 Å². The number of hydrogen-bond acceptors (Lipinski definition) is 4. The van der Waals surface area contributed by atoms with Crippen molar-refractivity contribution >= 4 is 17.5 Å². The van der Waals surface area contributed by atoms with Gasteiger partial charge in [0.2, 0.25) is 0 Å². The van der Waals surface area contributed by atoms with Gasteiger partial charge in [0, 0.05) is 43.3 Å². The summed E-state index contributed by atoms with van der Waals surface area (Å²) in [6.07, 6.45) is -4.41. The van der Waals surface area contributed by atoms with E-state index >= 15 is 0 Å². The molecule has 0 aromatic heterocycles. The molecule has 1 heterocycles. The summed E-state index contributed by atoms with van der Waals surface area (Å²) in [5, 5.41) is 5.81. The van der Waals surface area contributed by atoms with Crippen molar-refractivity contribution in [1.82, 2.24) is 15.5 Å². The molecule has 0 saturated carbocycles. The molecule has 0 aliphatic carbocycles. The molecule has 1 amide bonds. The molecule has 0 radical (unpaired) electrons. The SMILES string of the molecule is Cc1c(Cl)cccc1OCC(=O)NCC(N1CCNCC1)C(F)(F)F. The van der Waals surface area contributed by atoms with Gasteiger partial charge in [0.1, 0.15) is 11.8 Å². The first-order chi connectivity index (χ1) is 11.8. The Morgan fingerprint density at radius 2 is 2.08 bits per heavy atom. The molecule has 5 nitrogen and oxygen atoms in total. The summed E-state index contributed by atoms with van der Waals surface area (Å²) in [6, 6.07) is 3.30. The number of piperazine rings is 1. The molecule has 0 bridgehead atoms. The van der Waals surface area contributed by atoms with Crippen LogP contribution in [0.2, 0.25) is 5.02 Å². The highest BCUT2D eigenvalue weighted by Gasteiger charge is 2.43. The fourth-order valence-corrected chi connectivity index (χ4v) is 2.76. The van der Waals surface area contributed by atoms with Crippen LogP contribution in [0.3, 0.4) is 0 Å². The van der Waals surface area contributed by atoms with Crippen molar-refractivity contribution in [2.24, 2.45) is 0 Å². The fraction of sp³-hybridized carbons (Fsp3) is 0.562. The van der Waals surface area contributed by atoms with Crippen molar-refractivity contribution in [3.05, 3.63) is 28.8 Å². The zero-order valence-corrected chi connectivity index (χ0v) is 14.6. The average molecular weight is 380 g/mol. The van der Waals surface area contributed by atoms with Gasteiger partial charge in [-0.15, -0.1) is 0 Å². The van der Waals surface area contributed by atoms with Crippen LogP contribution in [0.1, 0.15) is 5.56 Å². The molecule has 2 N–H and O–H groups in total. The lowest BCUT2D eigenvalue weighted by atomic mass is 10.2. The highest BCUT2D eigenvalue weighted by molar-refractivity contribution is 6.31. The molecule has 2 rings (SSSR count). The van der Waals surface area contributed by atoms with E-state index in [4.69, 9.17) is 16.3 Å². The van der Waals surface area contributed by atoms with E-state index in [1.165, 1.54) is 4.90 Å². The van der Waals surface area contributed by atoms with Crippen molar-refractivity contribution < 1.29 is 22.7 Å². The van der Waals surface area contributed by atoms with Crippen LogP contribution in [-0.4, -0.2) is 62.4 Å². The van der Waals surface area contributed by atoms with Gasteiger partial charge < -0.3 is 15.4 Å². The Morgan fingerprint density at radius 3 is 2.72 bits per heavy atom. The van der Waals surface area contributed by atoms with Crippen molar-refractivity contribution in [3.8, 4) is 5.75 Å². The second-order valence-corrected chi connectivity index (χ2v) is 6.21. The van der Waals surface area contributed by atoms with Crippen molar-refractivity contribution in [3.63, 3.8) is 0 Å². The third kappa shape index (κ3) is 5.76. The van der Waals surface area contributed by atoms with Crippen LogP contribution in [0.4, 0.5) is 13.2 Å². The zero-order valence-electron chi connectivity index (χ0n) is 13.8. The van der Waals surface area contributed by atoms with Crippen LogP contribution in [-0.2, 0) is 4.79 Å². The second-order valence-electron chi connectivity index (χ2n) is 5.80. The maximum Gasteiger partial charge on any atom is 0.405 e. The van der Waals surface area contributed by atoms with Crippen LogP contribution in [0.5, 0.6) is 5.75 Å². The van der Waals surface area contributed by atoms with Crippen LogP contribution in [0, 0.1) is 6.92 Å². The summed E-state index contributed by atoms with van der Waals surface area (Å²) >= 11 is 5.95. The van der Waals surface area contributed by atoms with Crippen molar-refractivity contribution in [2.45, 2.75) is 19.1 Å². The Balaban J connectivity index is 1.87. The number of ether oxygens (including phenoxy) is 1. The summed E-state index contributed by atoms with van der Waals surface area (Å²) in [4.78, 5) is 13.2. The Labute approximate surface area is 149 Å². The van der Waals surface area contributed by atoms with Gasteiger partial charge in [-0.05, 0) is 19.1 Å². The minimum absolute atomic E-state index is 0.290. The first kappa shape index (κ1) is 19.8. The molecule has 1 fully saturated rings. The van der Waals surface area contributed by atoms with E-state index in [0.29, 0.717) is 29.4 Å². The van der Waals surface area contributed by atoms with E-state index in [1.54, 1.807) is 25.1 Å². The first-order valence-corrected chi connectivity index (χ1v) is 8.33. The van der Waals surface area contributed by atoms with Gasteiger partial charge in [-0.25, -0.2) is 0 Å². The standard InChI is InChI=1S/C16H21ClF3N3O2/c1-11-12(17)3-2-4-13(11)25-10-15(24)22-9-14(16(18,19)20)23-7-5-21-6-8-23/h2-4,14,21H,5-10H2,1H3,(H,22,24). The number of carbonyl (C=O) groups is 1. The maximum atomic E-state index is 13.2. The van der Waals surface area contributed by atoms with Gasteiger partial charge in [0.15, 0.2) is 6.61 Å². The van der Waals surface area contributed by atoms with Crippen LogP contribution in [0.25, 0.3) is 0 Å². The highest BCUT2D eigenvalue weighted by Crippen LogP contribution is 2.26. The quantitative estimate of drug-likeness (QED) is 0.793. The second kappa shape index (κ2) is 8.73. The number of nitrogens with zero attached hydrogens (tertiary/aromatic N) is 1. The lowest BCUT2D eigenvalue weighted by Crippen LogP contribution is -2.57. The molecule has 1 aliphatic heterocycles. The summed E-state index contributed by atoms with van der Waals surface area (Å²) in [5.74, 6) is -0.180. The molecule has 0 spiro atoms. The number of halogens is 4. The summed E-state index contributed by atoms with van der Waals surface area (Å²) in [7, 11) is 0. The summed E-state index contributed by atoms with van der Waals surface area (Å²) in [5.41, 5.74) is 0.672. The van der Waals surface area contributed by atoms with Crippen molar-refractivity contribution in [2.75, 3.05) is 39.3 Å². The lowest BCUT2D eigenvalue weighted by molar-refractivity contribution is -0.184. The number of alkyl halides is 3. The van der Waals surface area contributed by atoms with Crippen LogP contribution in [0.15, 0.2) is 18.2 Å². The number of amides is 1. The van der Waals surface area contributed by atoms with Crippen LogP contribution >= 0.6 is 11.6 Å². The molecule has 1 unspecified atom stereocenters. The number of benzene rings is 1. The van der Waals surface area contributed by atoms with Gasteiger partial charge in [-0.1, -0.05) is 17.7 Å². The molecule has 140 valence electrons. The zero-order chi connectivity index (χ0) is 18.4. The van der Waals surface area contributed by atoms with Crippen LogP contribution < -0.4 is 15.4 Å². The van der Waals surface area contributed by atoms with E-state index in [9.17, 15) is 18.0 Å². The molecule has 1 aliphatic rings. The topological polar surface area (TPSA) is 53.6 Å². The molecular formula is C16H21ClF3N3O2. The van der Waals surface area contributed by atoms with Gasteiger partial charge >= 0.3 is 6.18 Å². The predicted molar refractivity (Wildman–Crippen MR) is 89.0 cm³/mol. The van der Waals surface area contributed by atoms with E-state index in [-0.39, 0.29) is 19.7 Å². The third-order valence-electron chi connectivity index (χ3n) is 4.04. The molecule has 1 aromatic rings. The van der Waals surface area contributed by atoms with Gasteiger partial charge in [0.05, 0.1) is 0 Å². The molecule has 25 heavy (non-hydrogen) atoms. The minimum atomic E-state index is -4.41. The largest absolute Gasteiger partial charge is 0.483 e. The van der Waals surface area contributed by atoms with Gasteiger partial charge in [-0.3, -0.25) is 9.69 Å². The van der Waals surface area contributed by atoms with E-state index in [1.807, 2.05) is 0 Å². The van der Waals surface area contributed by atoms with E-state index < -0.39 is 24.7 Å². The van der Waals surface area contributed by atoms with Gasteiger partial charge in [0.25, 0.3) is 5.91 Å². The summed E-state index contributed by atoms with van der Waals surface area (Å²) in [6.45, 7) is 2.44.